The quantitative estimate of drug-likeness (QED) is 0.570. The van der Waals surface area contributed by atoms with Crippen molar-refractivity contribution >= 4 is 62.1 Å². The van der Waals surface area contributed by atoms with Gasteiger partial charge in [0.05, 0.1) is 4.34 Å². The molecule has 1 aliphatic heterocycles. The Hall–Kier alpha value is -1.81. The summed E-state index contributed by atoms with van der Waals surface area (Å²) >= 11 is 12.7. The molecule has 0 unspecified atom stereocenters. The Morgan fingerprint density at radius 2 is 1.93 bits per heavy atom. The van der Waals surface area contributed by atoms with Crippen molar-refractivity contribution in [2.24, 2.45) is 0 Å². The van der Waals surface area contributed by atoms with Gasteiger partial charge in [0.1, 0.15) is 9.23 Å². The van der Waals surface area contributed by atoms with Crippen LogP contribution in [-0.4, -0.2) is 44.8 Å². The molecule has 1 aliphatic rings. The number of rotatable bonds is 8. The third kappa shape index (κ3) is 5.63. The Morgan fingerprint density at radius 1 is 1.21 bits per heavy atom. The summed E-state index contributed by atoms with van der Waals surface area (Å²) < 4.78 is 27.6. The summed E-state index contributed by atoms with van der Waals surface area (Å²) in [4.78, 5) is 25.5. The molecule has 0 radical (unpaired) electrons. The van der Waals surface area contributed by atoms with Crippen molar-refractivity contribution in [3.8, 4) is 0 Å². The molecule has 156 valence electrons. The maximum absolute atomic E-state index is 12.4. The van der Waals surface area contributed by atoms with Gasteiger partial charge in [0.15, 0.2) is 0 Å². The van der Waals surface area contributed by atoms with E-state index in [1.165, 1.54) is 30.3 Å². The predicted molar refractivity (Wildman–Crippen MR) is 114 cm³/mol. The topological polar surface area (TPSA) is 95.6 Å². The zero-order valence-electron chi connectivity index (χ0n) is 15.3. The van der Waals surface area contributed by atoms with Gasteiger partial charge in [-0.1, -0.05) is 23.2 Å². The highest BCUT2D eigenvalue weighted by molar-refractivity contribution is 7.93. The van der Waals surface area contributed by atoms with Crippen LogP contribution >= 0.6 is 34.5 Å². The molecule has 0 bridgehead atoms. The monoisotopic (exact) mass is 475 g/mol. The second kappa shape index (κ2) is 9.34. The van der Waals surface area contributed by atoms with Crippen LogP contribution in [-0.2, 0) is 14.8 Å². The summed E-state index contributed by atoms with van der Waals surface area (Å²) in [6.45, 7) is 1.87. The zero-order chi connectivity index (χ0) is 21.0. The van der Waals surface area contributed by atoms with Gasteiger partial charge < -0.3 is 10.2 Å². The van der Waals surface area contributed by atoms with E-state index in [0.717, 1.165) is 24.3 Å². The van der Waals surface area contributed by atoms with E-state index in [2.05, 4.69) is 10.0 Å². The van der Waals surface area contributed by atoms with Crippen molar-refractivity contribution in [2.75, 3.05) is 24.4 Å². The fourth-order valence-corrected chi connectivity index (χ4v) is 6.13. The molecule has 1 aromatic carbocycles. The molecule has 2 N–H and O–H groups in total. The highest BCUT2D eigenvalue weighted by Gasteiger charge is 2.21. The number of nitrogens with zero attached hydrogens (tertiary/aromatic N) is 1. The minimum atomic E-state index is -3.88. The lowest BCUT2D eigenvalue weighted by Crippen LogP contribution is -2.30. The number of carbonyl (C=O) groups is 2. The number of sulfonamides is 1. The summed E-state index contributed by atoms with van der Waals surface area (Å²) in [6, 6.07) is 7.33. The number of carbonyl (C=O) groups excluding carboxylic acids is 2. The fraction of sp³-hybridized carbons (Fsp3) is 0.333. The van der Waals surface area contributed by atoms with E-state index in [4.69, 9.17) is 23.2 Å². The molecule has 1 fully saturated rings. The first-order chi connectivity index (χ1) is 13.8. The standard InChI is InChI=1S/C18H19Cl2N3O4S2/c19-15-11-14(17(20)28-15)29(26,27)22-13-6-4-12(5-7-13)18(25)21-8-2-10-23-9-1-3-16(23)24/h4-7,11,22H,1-3,8-10H2,(H,21,25). The molecule has 0 spiro atoms. The van der Waals surface area contributed by atoms with Crippen LogP contribution in [0.3, 0.4) is 0 Å². The molecular formula is C18H19Cl2N3O4S2. The number of benzene rings is 1. The molecule has 1 saturated heterocycles. The van der Waals surface area contributed by atoms with E-state index < -0.39 is 10.0 Å². The van der Waals surface area contributed by atoms with Crippen LogP contribution in [0.1, 0.15) is 29.6 Å². The van der Waals surface area contributed by atoms with Crippen molar-refractivity contribution in [3.05, 3.63) is 44.6 Å². The number of nitrogens with one attached hydrogen (secondary N) is 2. The first-order valence-electron chi connectivity index (χ1n) is 8.90. The van der Waals surface area contributed by atoms with E-state index in [-0.39, 0.29) is 25.4 Å². The summed E-state index contributed by atoms with van der Waals surface area (Å²) in [5, 5.41) is 2.80. The Morgan fingerprint density at radius 3 is 2.52 bits per heavy atom. The lowest BCUT2D eigenvalue weighted by Gasteiger charge is -2.15. The minimum Gasteiger partial charge on any atom is -0.352 e. The van der Waals surface area contributed by atoms with Gasteiger partial charge in [-0.15, -0.1) is 11.3 Å². The average Bonchev–Trinajstić information content (AvgIpc) is 3.23. The molecule has 0 atom stereocenters. The number of amides is 2. The van der Waals surface area contributed by atoms with Crippen LogP contribution in [0.5, 0.6) is 0 Å². The predicted octanol–water partition coefficient (Wildman–Crippen LogP) is 3.60. The number of anilines is 1. The van der Waals surface area contributed by atoms with Gasteiger partial charge in [0, 0.05) is 37.3 Å². The van der Waals surface area contributed by atoms with Crippen molar-refractivity contribution < 1.29 is 18.0 Å². The minimum absolute atomic E-state index is 0.0779. The highest BCUT2D eigenvalue weighted by Crippen LogP contribution is 2.35. The zero-order valence-corrected chi connectivity index (χ0v) is 18.4. The molecule has 2 heterocycles. The molecule has 29 heavy (non-hydrogen) atoms. The summed E-state index contributed by atoms with van der Waals surface area (Å²) in [7, 11) is -3.88. The molecule has 0 aliphatic carbocycles. The van der Waals surface area contributed by atoms with Crippen LogP contribution in [0.15, 0.2) is 35.2 Å². The Bertz CT molecular complexity index is 1010. The second-order valence-electron chi connectivity index (χ2n) is 6.47. The van der Waals surface area contributed by atoms with Gasteiger partial charge in [0.25, 0.3) is 15.9 Å². The Balaban J connectivity index is 1.52. The second-order valence-corrected chi connectivity index (χ2v) is 10.4. The van der Waals surface area contributed by atoms with E-state index in [1.54, 1.807) is 4.90 Å². The molecule has 3 rings (SSSR count). The Labute approximate surface area is 183 Å². The summed E-state index contributed by atoms with van der Waals surface area (Å²) in [5.74, 6) is -0.0970. The van der Waals surface area contributed by atoms with Gasteiger partial charge in [-0.3, -0.25) is 14.3 Å². The van der Waals surface area contributed by atoms with Crippen LogP contribution in [0.4, 0.5) is 5.69 Å². The maximum Gasteiger partial charge on any atom is 0.264 e. The molecule has 2 amide bonds. The largest absolute Gasteiger partial charge is 0.352 e. The van der Waals surface area contributed by atoms with E-state index in [0.29, 0.717) is 37.2 Å². The Kier molecular flexibility index (Phi) is 7.05. The van der Waals surface area contributed by atoms with Gasteiger partial charge in [-0.2, -0.15) is 0 Å². The molecule has 2 aromatic rings. The number of halogens is 2. The third-order valence-corrected chi connectivity index (χ3v) is 7.51. The lowest BCUT2D eigenvalue weighted by molar-refractivity contribution is -0.127. The molecule has 1 aromatic heterocycles. The van der Waals surface area contributed by atoms with Crippen LogP contribution < -0.4 is 10.0 Å². The van der Waals surface area contributed by atoms with Crippen LogP contribution in [0.25, 0.3) is 0 Å². The van der Waals surface area contributed by atoms with Crippen molar-refractivity contribution in [2.45, 2.75) is 24.2 Å². The number of thiophene rings is 1. The lowest BCUT2D eigenvalue weighted by atomic mass is 10.2. The summed E-state index contributed by atoms with van der Waals surface area (Å²) in [6.07, 6.45) is 2.18. The number of likely N-dealkylation sites (tertiary alicyclic amines) is 1. The van der Waals surface area contributed by atoms with Crippen molar-refractivity contribution in [1.82, 2.24) is 10.2 Å². The molecule has 0 saturated carbocycles. The maximum atomic E-state index is 12.4. The smallest absolute Gasteiger partial charge is 0.264 e. The van der Waals surface area contributed by atoms with Crippen molar-refractivity contribution in [1.29, 1.82) is 0 Å². The first-order valence-corrected chi connectivity index (χ1v) is 12.0. The SMILES string of the molecule is O=C(NCCCN1CCCC1=O)c1ccc(NS(=O)(=O)c2cc(Cl)sc2Cl)cc1. The number of hydrogen-bond acceptors (Lipinski definition) is 5. The van der Waals surface area contributed by atoms with Crippen LogP contribution in [0, 0.1) is 0 Å². The van der Waals surface area contributed by atoms with E-state index in [9.17, 15) is 18.0 Å². The average molecular weight is 476 g/mol. The summed E-state index contributed by atoms with van der Waals surface area (Å²) in [5.41, 5.74) is 0.703. The molecule has 7 nitrogen and oxygen atoms in total. The van der Waals surface area contributed by atoms with Gasteiger partial charge in [0.2, 0.25) is 5.91 Å². The fourth-order valence-electron chi connectivity index (χ4n) is 2.92. The molecule has 11 heteroatoms. The van der Waals surface area contributed by atoms with Gasteiger partial charge in [-0.25, -0.2) is 8.42 Å². The third-order valence-electron chi connectivity index (χ3n) is 4.38. The van der Waals surface area contributed by atoms with E-state index >= 15 is 0 Å². The first kappa shape index (κ1) is 21.9. The highest BCUT2D eigenvalue weighted by atomic mass is 35.5. The van der Waals surface area contributed by atoms with Crippen molar-refractivity contribution in [3.63, 3.8) is 0 Å². The van der Waals surface area contributed by atoms with E-state index in [1.807, 2.05) is 0 Å². The normalized spacial score (nSPS) is 14.3. The van der Waals surface area contributed by atoms with Gasteiger partial charge in [-0.05, 0) is 43.2 Å². The number of hydrogen-bond donors (Lipinski definition) is 2. The van der Waals surface area contributed by atoms with Crippen LogP contribution in [0.2, 0.25) is 8.67 Å². The molecular weight excluding hydrogens is 457 g/mol. The van der Waals surface area contributed by atoms with Gasteiger partial charge >= 0.3 is 0 Å².